The number of carbonyl (C=O) groups is 3. The van der Waals surface area contributed by atoms with E-state index in [2.05, 4.69) is 10.6 Å². The zero-order valence-corrected chi connectivity index (χ0v) is 20.0. The average molecular weight is 492 g/mol. The summed E-state index contributed by atoms with van der Waals surface area (Å²) in [6.45, 7) is 1.77. The Hall–Kier alpha value is -2.76. The van der Waals surface area contributed by atoms with Crippen LogP contribution in [0.5, 0.6) is 0 Å². The van der Waals surface area contributed by atoms with Crippen molar-refractivity contribution >= 4 is 44.3 Å². The van der Waals surface area contributed by atoms with Crippen LogP contribution >= 0.6 is 11.3 Å². The number of fused-ring (bicyclic) bond motifs is 1. The van der Waals surface area contributed by atoms with Gasteiger partial charge in [-0.1, -0.05) is 0 Å². The van der Waals surface area contributed by atoms with E-state index in [-0.39, 0.29) is 28.7 Å². The molecule has 1 aromatic carbocycles. The molecule has 1 saturated carbocycles. The summed E-state index contributed by atoms with van der Waals surface area (Å²) < 4.78 is 31.5. The molecule has 2 aliphatic carbocycles. The van der Waals surface area contributed by atoms with Crippen molar-refractivity contribution in [3.05, 3.63) is 45.8 Å². The van der Waals surface area contributed by atoms with Crippen molar-refractivity contribution in [3.8, 4) is 0 Å². The summed E-state index contributed by atoms with van der Waals surface area (Å²) in [5.41, 5.74) is 1.37. The first-order valence-electron chi connectivity index (χ1n) is 10.7. The van der Waals surface area contributed by atoms with Crippen molar-refractivity contribution in [2.75, 3.05) is 19.0 Å². The van der Waals surface area contributed by atoms with Gasteiger partial charge in [-0.15, -0.1) is 11.3 Å². The molecule has 4 rings (SSSR count). The van der Waals surface area contributed by atoms with Gasteiger partial charge in [0.15, 0.2) is 0 Å². The molecule has 0 spiro atoms. The second kappa shape index (κ2) is 9.24. The fraction of sp³-hybridized carbons (Fsp3) is 0.409. The SMILES string of the molecule is CCOC(=O)NC(=O)c1c(NC(=O)c2ccc(S(=O)(=O)N(C)C3CC3)cc2)sc2c1CCC2. The van der Waals surface area contributed by atoms with Crippen LogP contribution in [-0.4, -0.2) is 50.3 Å². The third-order valence-corrected chi connectivity index (χ3v) is 8.85. The van der Waals surface area contributed by atoms with Gasteiger partial charge in [0.1, 0.15) is 5.00 Å². The number of carbonyl (C=O) groups excluding carboxylic acids is 3. The van der Waals surface area contributed by atoms with E-state index in [1.807, 2.05) is 0 Å². The molecule has 176 valence electrons. The van der Waals surface area contributed by atoms with Gasteiger partial charge < -0.3 is 10.1 Å². The van der Waals surface area contributed by atoms with E-state index < -0.39 is 27.9 Å². The minimum atomic E-state index is -3.60. The zero-order valence-electron chi connectivity index (χ0n) is 18.3. The van der Waals surface area contributed by atoms with Gasteiger partial charge in [-0.05, 0) is 68.9 Å². The van der Waals surface area contributed by atoms with Crippen LogP contribution in [0.2, 0.25) is 0 Å². The lowest BCUT2D eigenvalue weighted by Crippen LogP contribution is -2.32. The number of anilines is 1. The zero-order chi connectivity index (χ0) is 23.8. The second-order valence-corrected chi connectivity index (χ2v) is 11.1. The van der Waals surface area contributed by atoms with Crippen molar-refractivity contribution in [1.29, 1.82) is 0 Å². The molecule has 1 fully saturated rings. The number of benzene rings is 1. The fourth-order valence-electron chi connectivity index (χ4n) is 3.81. The molecule has 2 N–H and O–H groups in total. The van der Waals surface area contributed by atoms with Gasteiger partial charge in [-0.2, -0.15) is 4.31 Å². The first-order chi connectivity index (χ1) is 15.7. The number of rotatable bonds is 7. The van der Waals surface area contributed by atoms with Crippen LogP contribution in [0.3, 0.4) is 0 Å². The van der Waals surface area contributed by atoms with Crippen LogP contribution < -0.4 is 10.6 Å². The van der Waals surface area contributed by atoms with Crippen LogP contribution in [0.4, 0.5) is 9.80 Å². The van der Waals surface area contributed by atoms with E-state index in [0.717, 1.165) is 36.1 Å². The molecule has 0 unspecified atom stereocenters. The minimum Gasteiger partial charge on any atom is -0.450 e. The number of imide groups is 1. The Kier molecular flexibility index (Phi) is 6.55. The normalized spacial score (nSPS) is 15.2. The van der Waals surface area contributed by atoms with Gasteiger partial charge in [0.05, 0.1) is 17.1 Å². The van der Waals surface area contributed by atoms with E-state index in [0.29, 0.717) is 11.4 Å². The molecule has 0 aliphatic heterocycles. The highest BCUT2D eigenvalue weighted by Gasteiger charge is 2.35. The maximum atomic E-state index is 12.9. The first-order valence-corrected chi connectivity index (χ1v) is 13.0. The summed E-state index contributed by atoms with van der Waals surface area (Å²) in [7, 11) is -2.04. The summed E-state index contributed by atoms with van der Waals surface area (Å²) in [4.78, 5) is 38.5. The number of thiophene rings is 1. The Morgan fingerprint density at radius 2 is 1.82 bits per heavy atom. The van der Waals surface area contributed by atoms with Gasteiger partial charge in [-0.3, -0.25) is 14.9 Å². The third kappa shape index (κ3) is 4.80. The van der Waals surface area contributed by atoms with Crippen LogP contribution in [0.15, 0.2) is 29.2 Å². The van der Waals surface area contributed by atoms with Crippen molar-refractivity contribution in [1.82, 2.24) is 9.62 Å². The number of nitrogens with zero attached hydrogens (tertiary/aromatic N) is 1. The van der Waals surface area contributed by atoms with Gasteiger partial charge in [-0.25, -0.2) is 13.2 Å². The first kappa shape index (κ1) is 23.4. The molecule has 0 atom stereocenters. The molecule has 0 radical (unpaired) electrons. The molecular formula is C22H25N3O6S2. The standard InChI is InChI=1S/C22H25N3O6S2/c1-3-31-22(28)24-20(27)18-16-5-4-6-17(16)32-21(18)23-19(26)13-7-11-15(12-8-13)33(29,30)25(2)14-9-10-14/h7-8,11-12,14H,3-6,9-10H2,1-2H3,(H,23,26)(H,24,27,28). The largest absolute Gasteiger partial charge is 0.450 e. The van der Waals surface area contributed by atoms with Crippen LogP contribution in [0.1, 0.15) is 57.3 Å². The van der Waals surface area contributed by atoms with E-state index >= 15 is 0 Å². The van der Waals surface area contributed by atoms with Crippen LogP contribution in [0, 0.1) is 0 Å². The summed E-state index contributed by atoms with van der Waals surface area (Å²) >= 11 is 1.31. The van der Waals surface area contributed by atoms with E-state index in [9.17, 15) is 22.8 Å². The Morgan fingerprint density at radius 1 is 1.12 bits per heavy atom. The van der Waals surface area contributed by atoms with Crippen molar-refractivity contribution in [2.45, 2.75) is 50.0 Å². The third-order valence-electron chi connectivity index (χ3n) is 5.72. The summed E-state index contributed by atoms with van der Waals surface area (Å²) in [6, 6.07) is 5.75. The number of amides is 3. The molecule has 11 heteroatoms. The molecule has 1 aromatic heterocycles. The Balaban J connectivity index is 1.53. The molecule has 33 heavy (non-hydrogen) atoms. The Bertz CT molecular complexity index is 1200. The summed E-state index contributed by atoms with van der Waals surface area (Å²) in [5, 5.41) is 5.32. The highest BCUT2D eigenvalue weighted by Crippen LogP contribution is 2.39. The van der Waals surface area contributed by atoms with Crippen molar-refractivity contribution in [2.24, 2.45) is 0 Å². The number of alkyl carbamates (subject to hydrolysis) is 1. The smallest absolute Gasteiger partial charge is 0.414 e. The Morgan fingerprint density at radius 3 is 2.45 bits per heavy atom. The van der Waals surface area contributed by atoms with Gasteiger partial charge in [0.2, 0.25) is 10.0 Å². The molecule has 0 saturated heterocycles. The van der Waals surface area contributed by atoms with Crippen LogP contribution in [0.25, 0.3) is 0 Å². The van der Waals surface area contributed by atoms with Gasteiger partial charge in [0, 0.05) is 23.5 Å². The fourth-order valence-corrected chi connectivity index (χ4v) is 6.51. The Labute approximate surface area is 196 Å². The highest BCUT2D eigenvalue weighted by atomic mass is 32.2. The van der Waals surface area contributed by atoms with Gasteiger partial charge >= 0.3 is 6.09 Å². The number of hydrogen-bond donors (Lipinski definition) is 2. The lowest BCUT2D eigenvalue weighted by molar-refractivity contribution is 0.0925. The summed E-state index contributed by atoms with van der Waals surface area (Å²) in [5.74, 6) is -1.09. The predicted octanol–water partition coefficient (Wildman–Crippen LogP) is 3.16. The van der Waals surface area contributed by atoms with Crippen LogP contribution in [-0.2, 0) is 27.6 Å². The molecule has 2 aliphatic rings. The highest BCUT2D eigenvalue weighted by molar-refractivity contribution is 7.89. The number of ether oxygens (including phenoxy) is 1. The number of aryl methyl sites for hydroxylation is 1. The maximum absolute atomic E-state index is 12.9. The van der Waals surface area contributed by atoms with Crippen molar-refractivity contribution in [3.63, 3.8) is 0 Å². The number of sulfonamides is 1. The molecule has 2 aromatic rings. The maximum Gasteiger partial charge on any atom is 0.414 e. The number of nitrogens with one attached hydrogen (secondary N) is 2. The topological polar surface area (TPSA) is 122 Å². The van der Waals surface area contributed by atoms with E-state index in [1.54, 1.807) is 14.0 Å². The second-order valence-electron chi connectivity index (χ2n) is 7.97. The van der Waals surface area contributed by atoms with E-state index in [1.165, 1.54) is 39.9 Å². The van der Waals surface area contributed by atoms with Crippen molar-refractivity contribution < 1.29 is 27.5 Å². The molecular weight excluding hydrogens is 466 g/mol. The molecule has 0 bridgehead atoms. The lowest BCUT2D eigenvalue weighted by Gasteiger charge is -2.16. The lowest BCUT2D eigenvalue weighted by atomic mass is 10.1. The molecule has 9 nitrogen and oxygen atoms in total. The minimum absolute atomic E-state index is 0.0398. The molecule has 3 amide bonds. The monoisotopic (exact) mass is 491 g/mol. The van der Waals surface area contributed by atoms with E-state index in [4.69, 9.17) is 4.74 Å². The predicted molar refractivity (Wildman–Crippen MR) is 123 cm³/mol. The number of hydrogen-bond acceptors (Lipinski definition) is 7. The average Bonchev–Trinajstić information content (AvgIpc) is 3.43. The van der Waals surface area contributed by atoms with Gasteiger partial charge in [0.25, 0.3) is 11.8 Å². The quantitative estimate of drug-likeness (QED) is 0.614. The summed E-state index contributed by atoms with van der Waals surface area (Å²) in [6.07, 6.45) is 3.26. The molecule has 1 heterocycles.